The van der Waals surface area contributed by atoms with Gasteiger partial charge in [-0.2, -0.15) is 5.10 Å². The molecule has 32 heavy (non-hydrogen) atoms. The first kappa shape index (κ1) is 20.9. The summed E-state index contributed by atoms with van der Waals surface area (Å²) in [6.45, 7) is 7.18. The molecule has 3 aromatic rings. The standard InChI is InChI=1S/C24H29N5O3/c1-24(2,3)32-23(31)28-11-18(12-28)16-4-5-20-21(8-16)27-22(10-25-20)17-9-26-29(13-17)19-6-15(7-19)14-30/h4-5,8-10,13,15,18-19,30H,6-7,11-12,14H2,1-3H3. The van der Waals surface area contributed by atoms with Crippen LogP contribution in [0.3, 0.4) is 0 Å². The number of carbonyl (C=O) groups excluding carboxylic acids is 1. The van der Waals surface area contributed by atoms with Crippen molar-refractivity contribution in [2.24, 2.45) is 5.92 Å². The fourth-order valence-electron chi connectivity index (χ4n) is 4.32. The number of aliphatic hydroxyl groups excluding tert-OH is 1. The van der Waals surface area contributed by atoms with Gasteiger partial charge in [-0.05, 0) is 57.2 Å². The van der Waals surface area contributed by atoms with Gasteiger partial charge in [-0.3, -0.25) is 9.67 Å². The Morgan fingerprint density at radius 3 is 2.69 bits per heavy atom. The minimum Gasteiger partial charge on any atom is -0.444 e. The SMILES string of the molecule is CC(C)(C)OC(=O)N1CC(c2ccc3ncc(-c4cnn(C5CC(CO)C5)c4)nc3c2)C1. The molecular weight excluding hydrogens is 406 g/mol. The molecule has 0 radical (unpaired) electrons. The summed E-state index contributed by atoms with van der Waals surface area (Å²) in [7, 11) is 0. The molecule has 2 aromatic heterocycles. The molecule has 1 saturated carbocycles. The highest BCUT2D eigenvalue weighted by Crippen LogP contribution is 2.37. The Hall–Kier alpha value is -3.00. The maximum atomic E-state index is 12.2. The molecule has 1 aliphatic carbocycles. The van der Waals surface area contributed by atoms with E-state index < -0.39 is 5.60 Å². The van der Waals surface area contributed by atoms with Gasteiger partial charge in [0.15, 0.2) is 0 Å². The molecule has 8 heteroatoms. The minimum atomic E-state index is -0.482. The minimum absolute atomic E-state index is 0.250. The molecule has 2 aliphatic rings. The van der Waals surface area contributed by atoms with Gasteiger partial charge in [-0.15, -0.1) is 0 Å². The molecule has 0 bridgehead atoms. The third-order valence-electron chi connectivity index (χ3n) is 6.31. The van der Waals surface area contributed by atoms with Crippen LogP contribution in [0.15, 0.2) is 36.8 Å². The van der Waals surface area contributed by atoms with Crippen LogP contribution in [0.25, 0.3) is 22.3 Å². The van der Waals surface area contributed by atoms with Gasteiger partial charge in [-0.25, -0.2) is 9.78 Å². The summed E-state index contributed by atoms with van der Waals surface area (Å²) in [5.41, 5.74) is 4.10. The molecular formula is C24H29N5O3. The zero-order valence-corrected chi connectivity index (χ0v) is 18.7. The number of amides is 1. The first-order chi connectivity index (χ1) is 15.3. The van der Waals surface area contributed by atoms with Crippen LogP contribution < -0.4 is 0 Å². The van der Waals surface area contributed by atoms with E-state index in [2.05, 4.69) is 22.2 Å². The molecule has 1 aromatic carbocycles. The van der Waals surface area contributed by atoms with Crippen molar-refractivity contribution >= 4 is 17.1 Å². The summed E-state index contributed by atoms with van der Waals surface area (Å²) in [5.74, 6) is 0.669. The first-order valence-corrected chi connectivity index (χ1v) is 11.2. The van der Waals surface area contributed by atoms with E-state index in [-0.39, 0.29) is 18.6 Å². The first-order valence-electron chi connectivity index (χ1n) is 11.2. The lowest BCUT2D eigenvalue weighted by atomic mass is 9.81. The molecule has 3 heterocycles. The number of hydrogen-bond acceptors (Lipinski definition) is 6. The highest BCUT2D eigenvalue weighted by molar-refractivity contribution is 5.78. The maximum absolute atomic E-state index is 12.2. The number of nitrogens with zero attached hydrogens (tertiary/aromatic N) is 5. The van der Waals surface area contributed by atoms with Crippen LogP contribution in [0.5, 0.6) is 0 Å². The van der Waals surface area contributed by atoms with E-state index >= 15 is 0 Å². The largest absolute Gasteiger partial charge is 0.444 e. The second kappa shape index (κ2) is 7.85. The lowest BCUT2D eigenvalue weighted by molar-refractivity contribution is 0.00820. The number of ether oxygens (including phenoxy) is 1. The van der Waals surface area contributed by atoms with Crippen LogP contribution in [-0.2, 0) is 4.74 Å². The summed E-state index contributed by atoms with van der Waals surface area (Å²) in [4.78, 5) is 23.4. The quantitative estimate of drug-likeness (QED) is 0.671. The predicted octanol–water partition coefficient (Wildman–Crippen LogP) is 3.77. The molecule has 0 unspecified atom stereocenters. The monoisotopic (exact) mass is 435 g/mol. The average Bonchev–Trinajstić information content (AvgIpc) is 3.13. The van der Waals surface area contributed by atoms with Gasteiger partial charge in [0.05, 0.1) is 35.2 Å². The van der Waals surface area contributed by atoms with Gasteiger partial charge in [0.1, 0.15) is 5.60 Å². The van der Waals surface area contributed by atoms with Gasteiger partial charge < -0.3 is 14.7 Å². The molecule has 1 saturated heterocycles. The highest BCUT2D eigenvalue weighted by atomic mass is 16.6. The zero-order valence-electron chi connectivity index (χ0n) is 18.7. The average molecular weight is 436 g/mol. The van der Waals surface area contributed by atoms with Crippen molar-refractivity contribution in [2.45, 2.75) is 51.2 Å². The van der Waals surface area contributed by atoms with E-state index in [9.17, 15) is 9.90 Å². The Balaban J connectivity index is 1.29. The molecule has 8 nitrogen and oxygen atoms in total. The van der Waals surface area contributed by atoms with E-state index in [0.717, 1.165) is 40.7 Å². The number of aliphatic hydroxyl groups is 1. The van der Waals surface area contributed by atoms with Crippen molar-refractivity contribution in [3.05, 3.63) is 42.4 Å². The Kier molecular flexibility index (Phi) is 5.12. The van der Waals surface area contributed by atoms with Crippen molar-refractivity contribution < 1.29 is 14.6 Å². The lowest BCUT2D eigenvalue weighted by Crippen LogP contribution is -2.50. The fraction of sp³-hybridized carbons (Fsp3) is 0.500. The lowest BCUT2D eigenvalue weighted by Gasteiger charge is -2.40. The number of likely N-dealkylation sites (tertiary alicyclic amines) is 1. The summed E-state index contributed by atoms with van der Waals surface area (Å²) >= 11 is 0. The van der Waals surface area contributed by atoms with Crippen LogP contribution in [0.2, 0.25) is 0 Å². The molecule has 1 N–H and O–H groups in total. The van der Waals surface area contributed by atoms with Gasteiger partial charge >= 0.3 is 6.09 Å². The third kappa shape index (κ3) is 4.07. The number of carbonyl (C=O) groups is 1. The Morgan fingerprint density at radius 2 is 1.97 bits per heavy atom. The third-order valence-corrected chi connectivity index (χ3v) is 6.31. The fourth-order valence-corrected chi connectivity index (χ4v) is 4.32. The van der Waals surface area contributed by atoms with E-state index in [1.165, 1.54) is 0 Å². The number of rotatable bonds is 4. The van der Waals surface area contributed by atoms with E-state index in [1.54, 1.807) is 11.1 Å². The van der Waals surface area contributed by atoms with Crippen molar-refractivity contribution in [1.82, 2.24) is 24.6 Å². The number of benzene rings is 1. The van der Waals surface area contributed by atoms with Gasteiger partial charge in [-0.1, -0.05) is 6.07 Å². The van der Waals surface area contributed by atoms with Crippen molar-refractivity contribution in [2.75, 3.05) is 19.7 Å². The Morgan fingerprint density at radius 1 is 1.19 bits per heavy atom. The van der Waals surface area contributed by atoms with E-state index in [1.807, 2.05) is 43.9 Å². The number of aromatic nitrogens is 4. The Bertz CT molecular complexity index is 1140. The Labute approximate surface area is 187 Å². The zero-order chi connectivity index (χ0) is 22.5. The summed E-state index contributed by atoms with van der Waals surface area (Å²) in [6, 6.07) is 6.49. The molecule has 0 atom stereocenters. The summed E-state index contributed by atoms with van der Waals surface area (Å²) < 4.78 is 7.42. The molecule has 1 amide bonds. The van der Waals surface area contributed by atoms with E-state index in [0.29, 0.717) is 25.0 Å². The van der Waals surface area contributed by atoms with Crippen LogP contribution in [0.4, 0.5) is 4.79 Å². The van der Waals surface area contributed by atoms with Gasteiger partial charge in [0, 0.05) is 37.4 Å². The highest BCUT2D eigenvalue weighted by Gasteiger charge is 2.34. The molecule has 5 rings (SSSR count). The number of fused-ring (bicyclic) bond motifs is 1. The molecule has 168 valence electrons. The van der Waals surface area contributed by atoms with Crippen LogP contribution in [0, 0.1) is 5.92 Å². The molecule has 1 aliphatic heterocycles. The molecule has 0 spiro atoms. The summed E-state index contributed by atoms with van der Waals surface area (Å²) in [6.07, 6.45) is 7.30. The smallest absolute Gasteiger partial charge is 0.410 e. The van der Waals surface area contributed by atoms with Crippen molar-refractivity contribution in [3.8, 4) is 11.3 Å². The maximum Gasteiger partial charge on any atom is 0.410 e. The number of hydrogen-bond donors (Lipinski definition) is 1. The van der Waals surface area contributed by atoms with E-state index in [4.69, 9.17) is 9.72 Å². The van der Waals surface area contributed by atoms with Crippen molar-refractivity contribution in [3.63, 3.8) is 0 Å². The molecule has 2 fully saturated rings. The van der Waals surface area contributed by atoms with Crippen molar-refractivity contribution in [1.29, 1.82) is 0 Å². The van der Waals surface area contributed by atoms with Gasteiger partial charge in [0.2, 0.25) is 0 Å². The second-order valence-corrected chi connectivity index (χ2v) is 9.97. The predicted molar refractivity (Wildman–Crippen MR) is 120 cm³/mol. The van der Waals surface area contributed by atoms with Crippen LogP contribution >= 0.6 is 0 Å². The van der Waals surface area contributed by atoms with Gasteiger partial charge in [0.25, 0.3) is 0 Å². The summed E-state index contributed by atoms with van der Waals surface area (Å²) in [5, 5.41) is 13.7. The second-order valence-electron chi connectivity index (χ2n) is 9.97. The topological polar surface area (TPSA) is 93.4 Å². The van der Waals surface area contributed by atoms with Crippen LogP contribution in [0.1, 0.15) is 51.1 Å². The van der Waals surface area contributed by atoms with Crippen LogP contribution in [-0.4, -0.2) is 61.1 Å². The normalized spacial score (nSPS) is 21.3.